The van der Waals surface area contributed by atoms with E-state index in [1.807, 2.05) is 20.8 Å². The minimum Gasteiger partial charge on any atom is -0.481 e. The Balaban J connectivity index is 4.95. The summed E-state index contributed by atoms with van der Waals surface area (Å²) in [5.74, 6) is -2.71. The molecule has 2 N–H and O–H groups in total. The van der Waals surface area contributed by atoms with Gasteiger partial charge in [0.25, 0.3) is 10.1 Å². The summed E-state index contributed by atoms with van der Waals surface area (Å²) in [6, 6.07) is 0. The molecule has 0 saturated heterocycles. The van der Waals surface area contributed by atoms with Crippen molar-refractivity contribution in [3.05, 3.63) is 0 Å². The molecule has 0 aliphatic carbocycles. The summed E-state index contributed by atoms with van der Waals surface area (Å²) in [6.45, 7) is 5.99. The molecule has 0 aliphatic heterocycles. The number of hydrogen-bond donors (Lipinski definition) is 2. The molecule has 0 saturated carbocycles. The van der Waals surface area contributed by atoms with Crippen LogP contribution >= 0.6 is 0 Å². The number of carboxylic acid groups (broad SMARTS) is 1. The van der Waals surface area contributed by atoms with Crippen molar-refractivity contribution in [2.75, 3.05) is 6.61 Å². The first-order valence-electron chi connectivity index (χ1n) is 7.46. The third kappa shape index (κ3) is 6.74. The number of esters is 1. The lowest BCUT2D eigenvalue weighted by Gasteiger charge is -2.31. The van der Waals surface area contributed by atoms with Crippen molar-refractivity contribution < 1.29 is 32.4 Å². The van der Waals surface area contributed by atoms with E-state index in [9.17, 15) is 18.0 Å². The Morgan fingerprint density at radius 1 is 1.18 bits per heavy atom. The fourth-order valence-electron chi connectivity index (χ4n) is 2.22. The lowest BCUT2D eigenvalue weighted by Crippen LogP contribution is -2.36. The molecule has 0 fully saturated rings. The molecule has 1 atom stereocenters. The van der Waals surface area contributed by atoms with E-state index in [2.05, 4.69) is 0 Å². The number of rotatable bonds is 11. The maximum atomic E-state index is 11.9. The standard InChI is InChI=1S/C14H26O7S/c1-4-7-8-14(5-2,6-3)10-21-13(17)11(9-12(15)16)22(18,19)20/h11H,4-10H2,1-3H3,(H,15,16)(H,18,19,20). The fourth-order valence-corrected chi connectivity index (χ4v) is 2.88. The molecule has 0 aromatic carbocycles. The van der Waals surface area contributed by atoms with E-state index < -0.39 is 33.7 Å². The lowest BCUT2D eigenvalue weighted by atomic mass is 9.78. The summed E-state index contributed by atoms with van der Waals surface area (Å²) < 4.78 is 36.3. The van der Waals surface area contributed by atoms with Crippen molar-refractivity contribution >= 4 is 22.1 Å². The molecule has 0 bridgehead atoms. The van der Waals surface area contributed by atoms with E-state index in [1.165, 1.54) is 0 Å². The van der Waals surface area contributed by atoms with Crippen LogP contribution in [0.5, 0.6) is 0 Å². The second-order valence-corrected chi connectivity index (χ2v) is 7.12. The predicted molar refractivity (Wildman–Crippen MR) is 81.1 cm³/mol. The SMILES string of the molecule is CCCCC(CC)(CC)COC(=O)C(CC(=O)O)S(=O)(=O)O. The third-order valence-corrected chi connectivity index (χ3v) is 5.14. The Labute approximate surface area is 131 Å². The van der Waals surface area contributed by atoms with Crippen LogP contribution in [-0.2, 0) is 24.4 Å². The smallest absolute Gasteiger partial charge is 0.327 e. The molecular weight excluding hydrogens is 312 g/mol. The van der Waals surface area contributed by atoms with Gasteiger partial charge in [0.05, 0.1) is 13.0 Å². The maximum Gasteiger partial charge on any atom is 0.327 e. The summed E-state index contributed by atoms with van der Waals surface area (Å²) in [6.07, 6.45) is 3.27. The molecule has 7 nitrogen and oxygen atoms in total. The lowest BCUT2D eigenvalue weighted by molar-refractivity contribution is -0.150. The largest absolute Gasteiger partial charge is 0.481 e. The van der Waals surface area contributed by atoms with Gasteiger partial charge in [0.15, 0.2) is 5.25 Å². The molecule has 22 heavy (non-hydrogen) atoms. The Morgan fingerprint density at radius 3 is 2.09 bits per heavy atom. The van der Waals surface area contributed by atoms with Gasteiger partial charge in [0.1, 0.15) is 0 Å². The third-order valence-electron chi connectivity index (χ3n) is 4.06. The van der Waals surface area contributed by atoms with E-state index in [4.69, 9.17) is 14.4 Å². The van der Waals surface area contributed by atoms with Crippen molar-refractivity contribution in [2.45, 2.75) is 64.5 Å². The molecule has 0 amide bonds. The molecule has 0 heterocycles. The number of aliphatic carboxylic acids is 1. The second-order valence-electron chi connectivity index (χ2n) is 5.52. The molecule has 130 valence electrons. The molecule has 0 aliphatic rings. The number of hydrogen-bond acceptors (Lipinski definition) is 5. The molecule has 8 heteroatoms. The minimum absolute atomic E-state index is 0.0183. The maximum absolute atomic E-state index is 11.9. The normalized spacial score (nSPS) is 13.6. The van der Waals surface area contributed by atoms with Gasteiger partial charge in [0, 0.05) is 5.41 Å². The van der Waals surface area contributed by atoms with Gasteiger partial charge in [-0.1, -0.05) is 33.6 Å². The molecule has 1 unspecified atom stereocenters. The summed E-state index contributed by atoms with van der Waals surface area (Å²) in [5.41, 5.74) is -0.251. The first-order chi connectivity index (χ1) is 10.1. The second kappa shape index (κ2) is 9.09. The number of unbranched alkanes of at least 4 members (excludes halogenated alkanes) is 1. The molecule has 0 spiro atoms. The van der Waals surface area contributed by atoms with E-state index in [0.29, 0.717) is 0 Å². The summed E-state index contributed by atoms with van der Waals surface area (Å²) in [7, 11) is -4.81. The van der Waals surface area contributed by atoms with E-state index in [-0.39, 0.29) is 12.0 Å². The van der Waals surface area contributed by atoms with E-state index >= 15 is 0 Å². The van der Waals surface area contributed by atoms with Crippen LogP contribution in [0.2, 0.25) is 0 Å². The van der Waals surface area contributed by atoms with Gasteiger partial charge in [0.2, 0.25) is 0 Å². The minimum atomic E-state index is -4.81. The van der Waals surface area contributed by atoms with E-state index in [0.717, 1.165) is 32.1 Å². The Bertz CT molecular complexity index is 466. The van der Waals surface area contributed by atoms with Gasteiger partial charge in [-0.2, -0.15) is 8.42 Å². The van der Waals surface area contributed by atoms with Gasteiger partial charge in [-0.05, 0) is 19.3 Å². The topological polar surface area (TPSA) is 118 Å². The van der Waals surface area contributed by atoms with Crippen LogP contribution in [0, 0.1) is 5.41 Å². The van der Waals surface area contributed by atoms with Crippen molar-refractivity contribution in [1.82, 2.24) is 0 Å². The molecule has 0 radical (unpaired) electrons. The number of carbonyl (C=O) groups excluding carboxylic acids is 1. The Kier molecular flexibility index (Phi) is 8.62. The van der Waals surface area contributed by atoms with Crippen LogP contribution in [0.4, 0.5) is 0 Å². The molecule has 0 rings (SSSR count). The van der Waals surface area contributed by atoms with Crippen molar-refractivity contribution in [1.29, 1.82) is 0 Å². The highest BCUT2D eigenvalue weighted by Gasteiger charge is 2.36. The van der Waals surface area contributed by atoms with Crippen molar-refractivity contribution in [2.24, 2.45) is 5.41 Å². The molecular formula is C14H26O7S. The number of ether oxygens (including phenoxy) is 1. The first-order valence-corrected chi connectivity index (χ1v) is 8.97. The van der Waals surface area contributed by atoms with Crippen LogP contribution in [0.15, 0.2) is 0 Å². The van der Waals surface area contributed by atoms with Crippen LogP contribution in [0.3, 0.4) is 0 Å². The van der Waals surface area contributed by atoms with Crippen molar-refractivity contribution in [3.8, 4) is 0 Å². The van der Waals surface area contributed by atoms with Gasteiger partial charge < -0.3 is 9.84 Å². The van der Waals surface area contributed by atoms with Crippen LogP contribution in [0.25, 0.3) is 0 Å². The van der Waals surface area contributed by atoms with Crippen molar-refractivity contribution in [3.63, 3.8) is 0 Å². The zero-order chi connectivity index (χ0) is 17.4. The number of carbonyl (C=O) groups is 2. The van der Waals surface area contributed by atoms with Gasteiger partial charge in [-0.15, -0.1) is 0 Å². The summed E-state index contributed by atoms with van der Waals surface area (Å²) in [5, 5.41) is 6.57. The van der Waals surface area contributed by atoms with Crippen LogP contribution in [0.1, 0.15) is 59.3 Å². The first kappa shape index (κ1) is 20.9. The Morgan fingerprint density at radius 2 is 1.73 bits per heavy atom. The quantitative estimate of drug-likeness (QED) is 0.438. The zero-order valence-electron chi connectivity index (χ0n) is 13.4. The highest BCUT2D eigenvalue weighted by molar-refractivity contribution is 7.87. The average molecular weight is 338 g/mol. The Hall–Kier alpha value is -1.15. The van der Waals surface area contributed by atoms with Gasteiger partial charge >= 0.3 is 11.9 Å². The highest BCUT2D eigenvalue weighted by Crippen LogP contribution is 2.33. The van der Waals surface area contributed by atoms with E-state index in [1.54, 1.807) is 0 Å². The summed E-state index contributed by atoms with van der Waals surface area (Å²) >= 11 is 0. The van der Waals surface area contributed by atoms with Gasteiger partial charge in [-0.3, -0.25) is 14.1 Å². The predicted octanol–water partition coefficient (Wildman–Crippen LogP) is 2.26. The van der Waals surface area contributed by atoms with Crippen LogP contribution < -0.4 is 0 Å². The van der Waals surface area contributed by atoms with Crippen LogP contribution in [-0.4, -0.2) is 41.9 Å². The molecule has 0 aromatic heterocycles. The monoisotopic (exact) mass is 338 g/mol. The average Bonchev–Trinajstić information content (AvgIpc) is 2.44. The number of carboxylic acids is 1. The van der Waals surface area contributed by atoms with Gasteiger partial charge in [-0.25, -0.2) is 0 Å². The zero-order valence-corrected chi connectivity index (χ0v) is 14.2. The molecule has 0 aromatic rings. The fraction of sp³-hybridized carbons (Fsp3) is 0.857. The summed E-state index contributed by atoms with van der Waals surface area (Å²) in [4.78, 5) is 22.5. The highest BCUT2D eigenvalue weighted by atomic mass is 32.2.